The average molecular weight is 341 g/mol. The second kappa shape index (κ2) is 7.34. The Balaban J connectivity index is 1.98. The predicted octanol–water partition coefficient (Wildman–Crippen LogP) is 4.03. The minimum absolute atomic E-state index is 0.112. The van der Waals surface area contributed by atoms with Gasteiger partial charge in [-0.3, -0.25) is 4.98 Å². The smallest absolute Gasteiger partial charge is 0.120 e. The van der Waals surface area contributed by atoms with Gasteiger partial charge in [0.1, 0.15) is 11.5 Å². The van der Waals surface area contributed by atoms with Gasteiger partial charge < -0.3 is 15.5 Å². The Hall–Kier alpha value is -2.56. The summed E-state index contributed by atoms with van der Waals surface area (Å²) in [6.07, 6.45) is 1.73. The highest BCUT2D eigenvalue weighted by Gasteiger charge is 2.20. The Labute approximate surface area is 145 Å². The summed E-state index contributed by atoms with van der Waals surface area (Å²) in [4.78, 5) is 4.29. The molecule has 1 unspecified atom stereocenters. The summed E-state index contributed by atoms with van der Waals surface area (Å²) in [6.45, 7) is 0.478. The quantitative estimate of drug-likeness (QED) is 0.656. The molecule has 0 aliphatic heterocycles. The number of nitrogens with one attached hydrogen (secondary N) is 1. The number of halogens is 1. The first kappa shape index (κ1) is 16.3. The molecule has 0 fully saturated rings. The van der Waals surface area contributed by atoms with Gasteiger partial charge in [-0.1, -0.05) is 35.9 Å². The third kappa shape index (κ3) is 3.67. The van der Waals surface area contributed by atoms with E-state index in [1.165, 1.54) is 0 Å². The molecule has 0 bridgehead atoms. The fraction of sp³-hybridized carbons (Fsp3) is 0.105. The van der Waals surface area contributed by atoms with Crippen LogP contribution in [0.5, 0.6) is 11.5 Å². The fourth-order valence-corrected chi connectivity index (χ4v) is 2.77. The monoisotopic (exact) mass is 340 g/mol. The number of benzene rings is 2. The minimum Gasteiger partial charge on any atom is -0.508 e. The Morgan fingerprint density at radius 2 is 1.67 bits per heavy atom. The van der Waals surface area contributed by atoms with Crippen molar-refractivity contribution in [3.8, 4) is 11.5 Å². The third-order valence-electron chi connectivity index (χ3n) is 3.76. The van der Waals surface area contributed by atoms with Gasteiger partial charge in [0.15, 0.2) is 0 Å². The molecule has 0 saturated heterocycles. The summed E-state index contributed by atoms with van der Waals surface area (Å²) in [5.74, 6) is 0.261. The molecule has 3 rings (SSSR count). The van der Waals surface area contributed by atoms with E-state index in [9.17, 15) is 10.2 Å². The number of rotatable bonds is 5. The van der Waals surface area contributed by atoms with E-state index in [0.717, 1.165) is 5.69 Å². The van der Waals surface area contributed by atoms with E-state index in [1.54, 1.807) is 36.5 Å². The van der Waals surface area contributed by atoms with E-state index in [1.807, 2.05) is 30.3 Å². The zero-order valence-corrected chi connectivity index (χ0v) is 13.6. The minimum atomic E-state index is -0.424. The third-order valence-corrected chi connectivity index (χ3v) is 4.00. The van der Waals surface area contributed by atoms with Crippen LogP contribution < -0.4 is 5.32 Å². The van der Waals surface area contributed by atoms with Crippen LogP contribution in [0.4, 0.5) is 0 Å². The lowest BCUT2D eigenvalue weighted by molar-refractivity contribution is 0.441. The largest absolute Gasteiger partial charge is 0.508 e. The number of pyridine rings is 1. The van der Waals surface area contributed by atoms with Crippen molar-refractivity contribution in [3.05, 3.63) is 88.7 Å². The summed E-state index contributed by atoms with van der Waals surface area (Å²) < 4.78 is 0. The van der Waals surface area contributed by atoms with Crippen LogP contribution in [0.15, 0.2) is 66.9 Å². The Kier molecular flexibility index (Phi) is 4.99. The van der Waals surface area contributed by atoms with Gasteiger partial charge in [0, 0.05) is 28.9 Å². The Morgan fingerprint density at radius 3 is 2.42 bits per heavy atom. The number of aromatic hydroxyl groups is 2. The van der Waals surface area contributed by atoms with E-state index >= 15 is 0 Å². The van der Waals surface area contributed by atoms with E-state index < -0.39 is 6.04 Å². The van der Waals surface area contributed by atoms with Gasteiger partial charge in [0.25, 0.3) is 0 Å². The van der Waals surface area contributed by atoms with Crippen molar-refractivity contribution in [3.63, 3.8) is 0 Å². The standard InChI is InChI=1S/C19H17ClN2O2/c20-13-8-9-18(24)16(11-13)19(15-6-1-2-7-17(15)23)22-12-14-5-3-4-10-21-14/h1-11,19,22-24H,12H2. The normalized spacial score (nSPS) is 12.0. The molecule has 0 aliphatic rings. The van der Waals surface area contributed by atoms with Crippen LogP contribution in [0.3, 0.4) is 0 Å². The van der Waals surface area contributed by atoms with Gasteiger partial charge in [0.05, 0.1) is 11.7 Å². The second-order valence-electron chi connectivity index (χ2n) is 5.40. The number of aromatic nitrogens is 1. The van der Waals surface area contributed by atoms with Gasteiger partial charge in [-0.15, -0.1) is 0 Å². The molecular weight excluding hydrogens is 324 g/mol. The van der Waals surface area contributed by atoms with E-state index in [2.05, 4.69) is 10.3 Å². The summed E-state index contributed by atoms with van der Waals surface area (Å²) in [5.41, 5.74) is 2.12. The van der Waals surface area contributed by atoms with E-state index in [0.29, 0.717) is 22.7 Å². The first-order valence-corrected chi connectivity index (χ1v) is 7.92. The molecule has 0 spiro atoms. The molecule has 24 heavy (non-hydrogen) atoms. The molecule has 3 N–H and O–H groups in total. The molecule has 1 aromatic heterocycles. The lowest BCUT2D eigenvalue weighted by Crippen LogP contribution is -2.22. The zero-order chi connectivity index (χ0) is 16.9. The Morgan fingerprint density at radius 1 is 0.917 bits per heavy atom. The van der Waals surface area contributed by atoms with Crippen LogP contribution in [0, 0.1) is 0 Å². The molecule has 122 valence electrons. The highest BCUT2D eigenvalue weighted by Crippen LogP contribution is 2.35. The van der Waals surface area contributed by atoms with Gasteiger partial charge in [-0.05, 0) is 36.4 Å². The van der Waals surface area contributed by atoms with Crippen LogP contribution in [0.25, 0.3) is 0 Å². The van der Waals surface area contributed by atoms with Crippen LogP contribution in [0.1, 0.15) is 22.9 Å². The maximum absolute atomic E-state index is 10.3. The average Bonchev–Trinajstić information content (AvgIpc) is 2.60. The molecule has 0 aliphatic carbocycles. The van der Waals surface area contributed by atoms with Crippen molar-refractivity contribution < 1.29 is 10.2 Å². The van der Waals surface area contributed by atoms with Crippen molar-refractivity contribution in [1.29, 1.82) is 0 Å². The Bertz CT molecular complexity index is 825. The molecule has 3 aromatic rings. The van der Waals surface area contributed by atoms with Crippen LogP contribution in [-0.2, 0) is 6.54 Å². The van der Waals surface area contributed by atoms with E-state index in [-0.39, 0.29) is 11.5 Å². The predicted molar refractivity (Wildman–Crippen MR) is 94.1 cm³/mol. The van der Waals surface area contributed by atoms with Crippen molar-refractivity contribution in [2.24, 2.45) is 0 Å². The summed E-state index contributed by atoms with van der Waals surface area (Å²) in [6, 6.07) is 17.1. The maximum Gasteiger partial charge on any atom is 0.120 e. The van der Waals surface area contributed by atoms with Crippen molar-refractivity contribution in [1.82, 2.24) is 10.3 Å². The van der Waals surface area contributed by atoms with Crippen LogP contribution >= 0.6 is 11.6 Å². The van der Waals surface area contributed by atoms with Crippen molar-refractivity contribution in [2.75, 3.05) is 0 Å². The number of para-hydroxylation sites is 1. The highest BCUT2D eigenvalue weighted by molar-refractivity contribution is 6.30. The molecule has 5 heteroatoms. The molecule has 0 radical (unpaired) electrons. The van der Waals surface area contributed by atoms with Crippen LogP contribution in [-0.4, -0.2) is 15.2 Å². The number of phenolic OH excluding ortho intramolecular Hbond substituents is 2. The number of phenols is 2. The SMILES string of the molecule is Oc1ccccc1C(NCc1ccccn1)c1cc(Cl)ccc1O. The second-order valence-corrected chi connectivity index (χ2v) is 5.83. The highest BCUT2D eigenvalue weighted by atomic mass is 35.5. The fourth-order valence-electron chi connectivity index (χ4n) is 2.58. The van der Waals surface area contributed by atoms with Crippen LogP contribution in [0.2, 0.25) is 5.02 Å². The van der Waals surface area contributed by atoms with Gasteiger partial charge in [-0.2, -0.15) is 0 Å². The van der Waals surface area contributed by atoms with Crippen molar-refractivity contribution >= 4 is 11.6 Å². The maximum atomic E-state index is 10.3. The van der Waals surface area contributed by atoms with Gasteiger partial charge in [-0.25, -0.2) is 0 Å². The molecular formula is C19H17ClN2O2. The summed E-state index contributed by atoms with van der Waals surface area (Å²) >= 11 is 6.09. The summed E-state index contributed by atoms with van der Waals surface area (Å²) in [7, 11) is 0. The molecule has 0 saturated carbocycles. The van der Waals surface area contributed by atoms with E-state index in [4.69, 9.17) is 11.6 Å². The molecule has 1 heterocycles. The number of hydrogen-bond donors (Lipinski definition) is 3. The van der Waals surface area contributed by atoms with Crippen molar-refractivity contribution in [2.45, 2.75) is 12.6 Å². The molecule has 2 aromatic carbocycles. The van der Waals surface area contributed by atoms with Gasteiger partial charge >= 0.3 is 0 Å². The summed E-state index contributed by atoms with van der Waals surface area (Å²) in [5, 5.41) is 24.3. The molecule has 4 nitrogen and oxygen atoms in total. The lowest BCUT2D eigenvalue weighted by atomic mass is 9.96. The molecule has 0 amide bonds. The first-order chi connectivity index (χ1) is 11.6. The zero-order valence-electron chi connectivity index (χ0n) is 12.9. The topological polar surface area (TPSA) is 65.4 Å². The van der Waals surface area contributed by atoms with Gasteiger partial charge in [0.2, 0.25) is 0 Å². The molecule has 1 atom stereocenters. The number of hydrogen-bond acceptors (Lipinski definition) is 4. The first-order valence-electron chi connectivity index (χ1n) is 7.55. The number of nitrogens with zero attached hydrogens (tertiary/aromatic N) is 1. The lowest BCUT2D eigenvalue weighted by Gasteiger charge is -2.22.